The van der Waals surface area contributed by atoms with Gasteiger partial charge in [-0.05, 0) is 37.3 Å². The summed E-state index contributed by atoms with van der Waals surface area (Å²) in [4.78, 5) is 41.2. The Morgan fingerprint density at radius 2 is 1.85 bits per heavy atom. The van der Waals surface area contributed by atoms with E-state index in [1.54, 1.807) is 54.6 Å². The summed E-state index contributed by atoms with van der Waals surface area (Å²) in [6.07, 6.45) is -0.692. The van der Waals surface area contributed by atoms with Crippen molar-refractivity contribution in [3.8, 4) is 0 Å². The van der Waals surface area contributed by atoms with Crippen molar-refractivity contribution in [2.45, 2.75) is 31.8 Å². The van der Waals surface area contributed by atoms with Gasteiger partial charge < -0.3 is 19.9 Å². The molecule has 0 spiro atoms. The third kappa shape index (κ3) is 5.16. The molecule has 4 rings (SSSR count). The number of aliphatic hydroxyl groups is 1. The van der Waals surface area contributed by atoms with Crippen LogP contribution in [0.5, 0.6) is 0 Å². The molecule has 1 aliphatic heterocycles. The maximum atomic E-state index is 12.6. The van der Waals surface area contributed by atoms with Gasteiger partial charge in [0.15, 0.2) is 0 Å². The Bertz CT molecular complexity index is 1190. The quantitative estimate of drug-likeness (QED) is 0.554. The summed E-state index contributed by atoms with van der Waals surface area (Å²) in [5.74, 6) is -0.822. The Balaban J connectivity index is 1.44. The molecule has 2 N–H and O–H groups in total. The van der Waals surface area contributed by atoms with Crippen LogP contribution >= 0.6 is 0 Å². The number of esters is 1. The number of amides is 1. The van der Waals surface area contributed by atoms with Gasteiger partial charge in [0, 0.05) is 18.2 Å². The lowest BCUT2D eigenvalue weighted by atomic mass is 10.1. The average molecular weight is 449 g/mol. The second-order valence-electron chi connectivity index (χ2n) is 7.68. The highest BCUT2D eigenvalue weighted by molar-refractivity contribution is 6.03. The van der Waals surface area contributed by atoms with Gasteiger partial charge in [0.25, 0.3) is 5.91 Å². The topological polar surface area (TPSA) is 120 Å². The van der Waals surface area contributed by atoms with E-state index >= 15 is 0 Å². The summed E-state index contributed by atoms with van der Waals surface area (Å²) in [6.45, 7) is 1.53. The average Bonchev–Trinajstić information content (AvgIpc) is 3.22. The molecule has 2 aromatic carbocycles. The van der Waals surface area contributed by atoms with Crippen molar-refractivity contribution >= 4 is 17.7 Å². The molecule has 3 atom stereocenters. The van der Waals surface area contributed by atoms with Crippen LogP contribution in [-0.2, 0) is 9.47 Å². The Kier molecular flexibility index (Phi) is 6.62. The first-order chi connectivity index (χ1) is 15.9. The van der Waals surface area contributed by atoms with E-state index in [0.717, 1.165) is 5.56 Å². The first kappa shape index (κ1) is 22.4. The summed E-state index contributed by atoms with van der Waals surface area (Å²) < 4.78 is 12.5. The van der Waals surface area contributed by atoms with E-state index in [1.165, 1.54) is 16.8 Å². The predicted octanol–water partition coefficient (Wildman–Crippen LogP) is 2.31. The molecule has 1 fully saturated rings. The molecule has 0 unspecified atom stereocenters. The summed E-state index contributed by atoms with van der Waals surface area (Å²) in [6, 6.07) is 17.0. The van der Waals surface area contributed by atoms with Gasteiger partial charge in [-0.2, -0.15) is 4.98 Å². The van der Waals surface area contributed by atoms with E-state index in [2.05, 4.69) is 10.3 Å². The Morgan fingerprint density at radius 3 is 2.52 bits per heavy atom. The van der Waals surface area contributed by atoms with E-state index in [0.29, 0.717) is 11.1 Å². The van der Waals surface area contributed by atoms with Gasteiger partial charge in [-0.3, -0.25) is 9.36 Å². The van der Waals surface area contributed by atoms with Gasteiger partial charge in [0.1, 0.15) is 24.3 Å². The van der Waals surface area contributed by atoms with Gasteiger partial charge in [-0.25, -0.2) is 9.59 Å². The van der Waals surface area contributed by atoms with Gasteiger partial charge in [-0.15, -0.1) is 0 Å². The van der Waals surface area contributed by atoms with E-state index in [9.17, 15) is 19.5 Å². The third-order valence-corrected chi connectivity index (χ3v) is 5.32. The van der Waals surface area contributed by atoms with E-state index in [-0.39, 0.29) is 24.8 Å². The normalized spacial score (nSPS) is 19.8. The fourth-order valence-corrected chi connectivity index (χ4v) is 3.53. The number of aromatic nitrogens is 2. The van der Waals surface area contributed by atoms with Gasteiger partial charge >= 0.3 is 11.7 Å². The van der Waals surface area contributed by atoms with Crippen LogP contribution in [0.4, 0.5) is 5.82 Å². The summed E-state index contributed by atoms with van der Waals surface area (Å²) in [5.41, 5.74) is 1.19. The minimum Gasteiger partial charge on any atom is -0.456 e. The van der Waals surface area contributed by atoms with E-state index < -0.39 is 30.1 Å². The molecule has 9 heteroatoms. The third-order valence-electron chi connectivity index (χ3n) is 5.32. The number of hydrogen-bond donors (Lipinski definition) is 2. The number of carbonyl (C=O) groups is 2. The summed E-state index contributed by atoms with van der Waals surface area (Å²) >= 11 is 0. The smallest absolute Gasteiger partial charge is 0.351 e. The molecule has 1 aliphatic rings. The van der Waals surface area contributed by atoms with Crippen molar-refractivity contribution in [2.24, 2.45) is 0 Å². The molecular weight excluding hydrogens is 426 g/mol. The highest BCUT2D eigenvalue weighted by atomic mass is 16.6. The molecule has 0 saturated carbocycles. The highest BCUT2D eigenvalue weighted by Gasteiger charge is 2.39. The van der Waals surface area contributed by atoms with Crippen LogP contribution in [-0.4, -0.2) is 45.3 Å². The van der Waals surface area contributed by atoms with Crippen LogP contribution in [0, 0.1) is 6.92 Å². The molecule has 1 aromatic heterocycles. The summed E-state index contributed by atoms with van der Waals surface area (Å²) in [7, 11) is 0. The van der Waals surface area contributed by atoms with Gasteiger partial charge in [0.05, 0.1) is 12.2 Å². The molecule has 0 aliphatic carbocycles. The number of nitrogens with one attached hydrogen (secondary N) is 1. The number of benzene rings is 2. The molecule has 33 heavy (non-hydrogen) atoms. The molecule has 0 bridgehead atoms. The van der Waals surface area contributed by atoms with Crippen LogP contribution in [0.3, 0.4) is 0 Å². The molecule has 3 aromatic rings. The number of carbonyl (C=O) groups excluding carboxylic acids is 2. The number of hydrogen-bond acceptors (Lipinski definition) is 7. The lowest BCUT2D eigenvalue weighted by molar-refractivity contribution is -0.0521. The molecule has 1 amide bonds. The second-order valence-corrected chi connectivity index (χ2v) is 7.68. The zero-order valence-electron chi connectivity index (χ0n) is 17.9. The minimum absolute atomic E-state index is 0.101. The van der Waals surface area contributed by atoms with Crippen molar-refractivity contribution < 1.29 is 24.2 Å². The van der Waals surface area contributed by atoms with Crippen molar-refractivity contribution in [1.82, 2.24) is 9.55 Å². The predicted molar refractivity (Wildman–Crippen MR) is 119 cm³/mol. The zero-order chi connectivity index (χ0) is 23.4. The maximum absolute atomic E-state index is 12.6. The van der Waals surface area contributed by atoms with E-state index in [4.69, 9.17) is 9.47 Å². The van der Waals surface area contributed by atoms with Crippen LogP contribution < -0.4 is 11.0 Å². The van der Waals surface area contributed by atoms with Crippen molar-refractivity contribution in [2.75, 3.05) is 11.9 Å². The number of nitrogens with zero attached hydrogens (tertiary/aromatic N) is 2. The number of anilines is 1. The van der Waals surface area contributed by atoms with Crippen molar-refractivity contribution in [1.29, 1.82) is 0 Å². The SMILES string of the molecule is Cc1ccc(C(=O)O[C@@H]2C[C@@H](n3ccc(NC(=O)c4ccccc4)nc3=O)O[C@@H]2CO)cc1. The number of aliphatic hydroxyl groups excluding tert-OH is 1. The molecule has 170 valence electrons. The van der Waals surface area contributed by atoms with Crippen LogP contribution in [0.25, 0.3) is 0 Å². The van der Waals surface area contributed by atoms with Gasteiger partial charge in [0.2, 0.25) is 0 Å². The molecule has 9 nitrogen and oxygen atoms in total. The number of aryl methyl sites for hydroxylation is 1. The number of rotatable bonds is 6. The Morgan fingerprint density at radius 1 is 1.12 bits per heavy atom. The molecular formula is C24H23N3O6. The molecule has 1 saturated heterocycles. The fraction of sp³-hybridized carbons (Fsp3) is 0.250. The largest absolute Gasteiger partial charge is 0.456 e. The van der Waals surface area contributed by atoms with Crippen molar-refractivity contribution in [3.05, 3.63) is 94.0 Å². The lowest BCUT2D eigenvalue weighted by Gasteiger charge is -2.16. The Hall–Kier alpha value is -3.82. The van der Waals surface area contributed by atoms with Crippen LogP contribution in [0.15, 0.2) is 71.7 Å². The Labute approximate surface area is 189 Å². The van der Waals surface area contributed by atoms with E-state index in [1.807, 2.05) is 6.92 Å². The first-order valence-electron chi connectivity index (χ1n) is 10.4. The lowest BCUT2D eigenvalue weighted by Crippen LogP contribution is -2.30. The second kappa shape index (κ2) is 9.76. The standard InChI is InChI=1S/C24H23N3O6/c1-15-7-9-17(10-8-15)23(30)33-18-13-21(32-19(18)14-28)27-12-11-20(26-24(27)31)25-22(29)16-5-3-2-4-6-16/h2-12,18-19,21,28H,13-14H2,1H3,(H,25,26,29,31)/t18-,19-,21+/m1/s1. The maximum Gasteiger partial charge on any atom is 0.351 e. The monoisotopic (exact) mass is 449 g/mol. The number of ether oxygens (including phenoxy) is 2. The molecule has 2 heterocycles. The summed E-state index contributed by atoms with van der Waals surface area (Å²) in [5, 5.41) is 12.3. The fourth-order valence-electron chi connectivity index (χ4n) is 3.53. The first-order valence-corrected chi connectivity index (χ1v) is 10.4. The van der Waals surface area contributed by atoms with Crippen molar-refractivity contribution in [3.63, 3.8) is 0 Å². The highest BCUT2D eigenvalue weighted by Crippen LogP contribution is 2.30. The zero-order valence-corrected chi connectivity index (χ0v) is 17.9. The van der Waals surface area contributed by atoms with Crippen LogP contribution in [0.2, 0.25) is 0 Å². The minimum atomic E-state index is -0.784. The molecule has 0 radical (unpaired) electrons. The van der Waals surface area contributed by atoms with Gasteiger partial charge in [-0.1, -0.05) is 35.9 Å². The van der Waals surface area contributed by atoms with Crippen LogP contribution in [0.1, 0.15) is 38.9 Å².